The molecule has 0 saturated carbocycles. The van der Waals surface area contributed by atoms with Gasteiger partial charge >= 0.3 is 6.03 Å². The Morgan fingerprint density at radius 3 is 2.83 bits per heavy atom. The molecule has 1 aliphatic rings. The fraction of sp³-hybridized carbons (Fsp3) is 0.875. The molecule has 1 fully saturated rings. The monoisotopic (exact) mass is 171 g/mol. The van der Waals surface area contributed by atoms with Crippen LogP contribution in [0.2, 0.25) is 0 Å². The number of urea groups is 1. The van der Waals surface area contributed by atoms with Crippen molar-refractivity contribution in [3.8, 4) is 0 Å². The molecule has 0 aromatic rings. The van der Waals surface area contributed by atoms with E-state index in [1.165, 1.54) is 0 Å². The van der Waals surface area contributed by atoms with Crippen molar-refractivity contribution in [2.45, 2.75) is 25.8 Å². The van der Waals surface area contributed by atoms with Gasteiger partial charge in [0.05, 0.1) is 0 Å². The van der Waals surface area contributed by atoms with Crippen molar-refractivity contribution in [2.75, 3.05) is 13.1 Å². The summed E-state index contributed by atoms with van der Waals surface area (Å²) in [5.74, 6) is 0.422. The Balaban J connectivity index is 2.49. The Morgan fingerprint density at radius 1 is 1.67 bits per heavy atom. The van der Waals surface area contributed by atoms with Crippen molar-refractivity contribution in [1.29, 1.82) is 0 Å². The summed E-state index contributed by atoms with van der Waals surface area (Å²) < 4.78 is 0. The fourth-order valence-corrected chi connectivity index (χ4v) is 1.68. The fourth-order valence-electron chi connectivity index (χ4n) is 1.68. The Hall–Kier alpha value is -0.770. The van der Waals surface area contributed by atoms with Crippen LogP contribution in [0.4, 0.5) is 4.79 Å². The highest BCUT2D eigenvalue weighted by atomic mass is 16.2. The van der Waals surface area contributed by atoms with Gasteiger partial charge in [-0.3, -0.25) is 0 Å². The normalized spacial score (nSPS) is 30.3. The second kappa shape index (κ2) is 3.76. The summed E-state index contributed by atoms with van der Waals surface area (Å²) in [7, 11) is 0. The minimum Gasteiger partial charge on any atom is -0.351 e. The molecule has 1 aliphatic heterocycles. The topological polar surface area (TPSA) is 72.3 Å². The maximum Gasteiger partial charge on any atom is 0.314 e. The van der Waals surface area contributed by atoms with Crippen LogP contribution in [0.15, 0.2) is 0 Å². The molecule has 12 heavy (non-hydrogen) atoms. The molecule has 4 heteroatoms. The number of likely N-dealkylation sites (tertiary alicyclic amines) is 1. The predicted molar refractivity (Wildman–Crippen MR) is 47.5 cm³/mol. The van der Waals surface area contributed by atoms with Crippen molar-refractivity contribution in [2.24, 2.45) is 17.4 Å². The van der Waals surface area contributed by atoms with Crippen molar-refractivity contribution in [1.82, 2.24) is 4.90 Å². The van der Waals surface area contributed by atoms with Crippen LogP contribution in [-0.2, 0) is 0 Å². The summed E-state index contributed by atoms with van der Waals surface area (Å²) in [5.41, 5.74) is 11.0. The summed E-state index contributed by atoms with van der Waals surface area (Å²) >= 11 is 0. The molecule has 0 bridgehead atoms. The quantitative estimate of drug-likeness (QED) is 0.588. The third-order valence-corrected chi connectivity index (χ3v) is 2.63. The first kappa shape index (κ1) is 9.32. The molecule has 4 N–H and O–H groups in total. The number of carbonyl (C=O) groups is 1. The molecule has 2 amide bonds. The van der Waals surface area contributed by atoms with Gasteiger partial charge in [-0.05, 0) is 12.3 Å². The van der Waals surface area contributed by atoms with E-state index in [4.69, 9.17) is 11.5 Å². The van der Waals surface area contributed by atoms with Gasteiger partial charge in [-0.1, -0.05) is 13.3 Å². The van der Waals surface area contributed by atoms with E-state index in [1.54, 1.807) is 4.90 Å². The molecule has 4 nitrogen and oxygen atoms in total. The largest absolute Gasteiger partial charge is 0.351 e. The summed E-state index contributed by atoms with van der Waals surface area (Å²) in [6.07, 6.45) is 1.90. The van der Waals surface area contributed by atoms with Crippen LogP contribution in [0, 0.1) is 5.92 Å². The molecule has 70 valence electrons. The maximum atomic E-state index is 10.8. The van der Waals surface area contributed by atoms with Crippen LogP contribution in [0.3, 0.4) is 0 Å². The van der Waals surface area contributed by atoms with E-state index < -0.39 is 0 Å². The number of rotatable bonds is 1. The number of amides is 2. The molecule has 0 aromatic carbocycles. The summed E-state index contributed by atoms with van der Waals surface area (Å²) in [5, 5.41) is 0. The van der Waals surface area contributed by atoms with E-state index in [-0.39, 0.29) is 12.1 Å². The molecule has 1 heterocycles. The number of nitrogens with two attached hydrogens (primary N) is 2. The predicted octanol–water partition coefficient (Wildman–Crippen LogP) is 0.124. The number of primary amides is 1. The van der Waals surface area contributed by atoms with Gasteiger partial charge in [-0.2, -0.15) is 0 Å². The minimum atomic E-state index is -0.319. The number of hydrogen-bond acceptors (Lipinski definition) is 2. The molecule has 0 aliphatic carbocycles. The molecule has 1 rings (SSSR count). The van der Waals surface area contributed by atoms with Gasteiger partial charge < -0.3 is 16.4 Å². The van der Waals surface area contributed by atoms with Crippen LogP contribution in [0.1, 0.15) is 19.8 Å². The highest BCUT2D eigenvalue weighted by molar-refractivity contribution is 5.72. The van der Waals surface area contributed by atoms with Gasteiger partial charge in [0.25, 0.3) is 0 Å². The molecule has 2 atom stereocenters. The van der Waals surface area contributed by atoms with Gasteiger partial charge in [0, 0.05) is 19.1 Å². The minimum absolute atomic E-state index is 0.241. The van der Waals surface area contributed by atoms with Crippen molar-refractivity contribution >= 4 is 6.03 Å². The van der Waals surface area contributed by atoms with Crippen molar-refractivity contribution < 1.29 is 4.79 Å². The van der Waals surface area contributed by atoms with E-state index in [0.717, 1.165) is 19.4 Å². The highest BCUT2D eigenvalue weighted by Gasteiger charge is 2.26. The van der Waals surface area contributed by atoms with Crippen molar-refractivity contribution in [3.63, 3.8) is 0 Å². The third-order valence-electron chi connectivity index (χ3n) is 2.63. The lowest BCUT2D eigenvalue weighted by atomic mass is 9.91. The average molecular weight is 171 g/mol. The smallest absolute Gasteiger partial charge is 0.314 e. The molecule has 1 saturated heterocycles. The average Bonchev–Trinajstić information content (AvgIpc) is 2.05. The number of hydrogen-bond donors (Lipinski definition) is 2. The summed E-state index contributed by atoms with van der Waals surface area (Å²) in [6, 6.07) is -0.0778. The van der Waals surface area contributed by atoms with Gasteiger partial charge in [0.2, 0.25) is 0 Å². The number of carbonyl (C=O) groups excluding carboxylic acids is 1. The molecular weight excluding hydrogens is 154 g/mol. The first-order chi connectivity index (χ1) is 5.65. The lowest BCUT2D eigenvalue weighted by Gasteiger charge is -2.35. The van der Waals surface area contributed by atoms with E-state index in [9.17, 15) is 4.79 Å². The van der Waals surface area contributed by atoms with Crippen LogP contribution >= 0.6 is 0 Å². The van der Waals surface area contributed by atoms with E-state index in [0.29, 0.717) is 12.5 Å². The zero-order valence-corrected chi connectivity index (χ0v) is 7.49. The summed E-state index contributed by atoms with van der Waals surface area (Å²) in [6.45, 7) is 3.54. The zero-order valence-electron chi connectivity index (χ0n) is 7.49. The highest BCUT2D eigenvalue weighted by Crippen LogP contribution is 2.17. The van der Waals surface area contributed by atoms with Gasteiger partial charge in [-0.25, -0.2) is 4.79 Å². The van der Waals surface area contributed by atoms with Crippen LogP contribution < -0.4 is 11.5 Å². The third kappa shape index (κ3) is 1.88. The van der Waals surface area contributed by atoms with Crippen molar-refractivity contribution in [3.05, 3.63) is 0 Å². The van der Waals surface area contributed by atoms with Gasteiger partial charge in [0.1, 0.15) is 0 Å². The number of piperidine rings is 1. The maximum absolute atomic E-state index is 10.8. The molecule has 2 unspecified atom stereocenters. The van der Waals surface area contributed by atoms with Gasteiger partial charge in [0.15, 0.2) is 0 Å². The molecular formula is C8H17N3O. The number of nitrogens with zero attached hydrogens (tertiary/aromatic N) is 1. The van der Waals surface area contributed by atoms with E-state index >= 15 is 0 Å². The van der Waals surface area contributed by atoms with E-state index in [1.807, 2.05) is 0 Å². The van der Waals surface area contributed by atoms with Gasteiger partial charge in [-0.15, -0.1) is 0 Å². The Morgan fingerprint density at radius 2 is 2.33 bits per heavy atom. The lowest BCUT2D eigenvalue weighted by molar-refractivity contribution is 0.160. The first-order valence-electron chi connectivity index (χ1n) is 4.45. The standard InChI is InChI=1S/C8H17N3O/c1-2-6-5-11(8(10)12)4-3-7(6)9/h6-7H,2-5,9H2,1H3,(H2,10,12). The molecule has 0 spiro atoms. The second-order valence-corrected chi connectivity index (χ2v) is 3.41. The van der Waals surface area contributed by atoms with Crippen LogP contribution in [0.25, 0.3) is 0 Å². The van der Waals surface area contributed by atoms with E-state index in [2.05, 4.69) is 6.92 Å². The lowest BCUT2D eigenvalue weighted by Crippen LogP contribution is -2.50. The SMILES string of the molecule is CCC1CN(C(N)=O)CCC1N. The van der Waals surface area contributed by atoms with Crippen LogP contribution in [-0.4, -0.2) is 30.1 Å². The summed E-state index contributed by atoms with van der Waals surface area (Å²) in [4.78, 5) is 12.5. The molecule has 0 radical (unpaired) electrons. The molecule has 0 aromatic heterocycles. The Labute approximate surface area is 72.9 Å². The van der Waals surface area contributed by atoms with Crippen LogP contribution in [0.5, 0.6) is 0 Å². The Kier molecular flexibility index (Phi) is 2.92. The Bertz CT molecular complexity index is 172. The first-order valence-corrected chi connectivity index (χ1v) is 4.45. The zero-order chi connectivity index (χ0) is 9.14. The second-order valence-electron chi connectivity index (χ2n) is 3.41.